The lowest BCUT2D eigenvalue weighted by Crippen LogP contribution is -2.31. The van der Waals surface area contributed by atoms with Crippen LogP contribution in [0.5, 0.6) is 11.5 Å². The molecular formula is C22H20FN3O4S. The van der Waals surface area contributed by atoms with Crippen molar-refractivity contribution in [1.29, 1.82) is 5.26 Å². The maximum absolute atomic E-state index is 13.7. The summed E-state index contributed by atoms with van der Waals surface area (Å²) in [6.07, 6.45) is 0.0872. The molecule has 0 aromatic heterocycles. The normalized spacial score (nSPS) is 15.7. The molecule has 2 N–H and O–H groups in total. The van der Waals surface area contributed by atoms with Crippen molar-refractivity contribution in [2.45, 2.75) is 12.3 Å². The number of hydrogen-bond donors (Lipinski definition) is 2. The van der Waals surface area contributed by atoms with Crippen molar-refractivity contribution in [3.05, 3.63) is 64.4 Å². The van der Waals surface area contributed by atoms with Crippen molar-refractivity contribution >= 4 is 29.3 Å². The van der Waals surface area contributed by atoms with Crippen LogP contribution < -0.4 is 20.1 Å². The first kappa shape index (κ1) is 22.2. The van der Waals surface area contributed by atoms with Crippen molar-refractivity contribution in [1.82, 2.24) is 5.32 Å². The minimum absolute atomic E-state index is 0.0680. The molecule has 2 amide bonds. The molecule has 0 fully saturated rings. The Hall–Kier alpha value is -3.51. The van der Waals surface area contributed by atoms with Gasteiger partial charge in [-0.3, -0.25) is 9.59 Å². The Labute approximate surface area is 183 Å². The second-order valence-electron chi connectivity index (χ2n) is 6.59. The van der Waals surface area contributed by atoms with Crippen LogP contribution in [0, 0.1) is 17.1 Å². The molecule has 160 valence electrons. The third-order valence-electron chi connectivity index (χ3n) is 4.66. The van der Waals surface area contributed by atoms with Gasteiger partial charge >= 0.3 is 0 Å². The smallest absolute Gasteiger partial charge is 0.234 e. The van der Waals surface area contributed by atoms with E-state index in [-0.39, 0.29) is 23.8 Å². The highest BCUT2D eigenvalue weighted by Gasteiger charge is 2.30. The molecule has 2 aromatic carbocycles. The SMILES string of the molecule is COc1ccc(C2CC(=O)NC(SCC(=O)Nc3ccccc3F)=C2C#N)cc1OC. The summed E-state index contributed by atoms with van der Waals surface area (Å²) >= 11 is 1.02. The number of halogens is 1. The van der Waals surface area contributed by atoms with Crippen LogP contribution in [0.25, 0.3) is 0 Å². The van der Waals surface area contributed by atoms with Crippen LogP contribution in [-0.4, -0.2) is 31.8 Å². The van der Waals surface area contributed by atoms with Crippen LogP contribution >= 0.6 is 11.8 Å². The number of anilines is 1. The van der Waals surface area contributed by atoms with Gasteiger partial charge in [0.1, 0.15) is 5.82 Å². The Morgan fingerprint density at radius 2 is 2.00 bits per heavy atom. The number of para-hydroxylation sites is 1. The maximum Gasteiger partial charge on any atom is 0.234 e. The fraction of sp³-hybridized carbons (Fsp3) is 0.227. The van der Waals surface area contributed by atoms with E-state index in [1.165, 1.54) is 32.4 Å². The van der Waals surface area contributed by atoms with Gasteiger partial charge in [0.05, 0.1) is 42.3 Å². The molecule has 0 spiro atoms. The third kappa shape index (κ3) is 5.16. The molecular weight excluding hydrogens is 421 g/mol. The molecule has 0 radical (unpaired) electrons. The average Bonchev–Trinajstić information content (AvgIpc) is 2.78. The Morgan fingerprint density at radius 1 is 1.26 bits per heavy atom. The first-order valence-corrected chi connectivity index (χ1v) is 10.3. The monoisotopic (exact) mass is 441 g/mol. The fourth-order valence-electron chi connectivity index (χ4n) is 3.17. The minimum Gasteiger partial charge on any atom is -0.493 e. The molecule has 2 aromatic rings. The largest absolute Gasteiger partial charge is 0.493 e. The average molecular weight is 441 g/mol. The van der Waals surface area contributed by atoms with E-state index in [2.05, 4.69) is 16.7 Å². The van der Waals surface area contributed by atoms with Crippen molar-refractivity contribution in [3.63, 3.8) is 0 Å². The number of nitriles is 1. The highest BCUT2D eigenvalue weighted by atomic mass is 32.2. The van der Waals surface area contributed by atoms with E-state index in [9.17, 15) is 19.2 Å². The predicted molar refractivity (Wildman–Crippen MR) is 115 cm³/mol. The van der Waals surface area contributed by atoms with Gasteiger partial charge in [0.15, 0.2) is 11.5 Å². The molecule has 0 saturated heterocycles. The summed E-state index contributed by atoms with van der Waals surface area (Å²) < 4.78 is 24.3. The molecule has 31 heavy (non-hydrogen) atoms. The van der Waals surface area contributed by atoms with Gasteiger partial charge < -0.3 is 20.1 Å². The molecule has 0 saturated carbocycles. The van der Waals surface area contributed by atoms with E-state index in [0.29, 0.717) is 22.1 Å². The number of carbonyl (C=O) groups is 2. The molecule has 1 atom stereocenters. The van der Waals surface area contributed by atoms with Gasteiger partial charge in [-0.15, -0.1) is 0 Å². The highest BCUT2D eigenvalue weighted by molar-refractivity contribution is 8.03. The van der Waals surface area contributed by atoms with E-state index in [0.717, 1.165) is 17.3 Å². The number of amides is 2. The Balaban J connectivity index is 1.81. The van der Waals surface area contributed by atoms with Crippen molar-refractivity contribution in [2.24, 2.45) is 0 Å². The van der Waals surface area contributed by atoms with E-state index in [4.69, 9.17) is 9.47 Å². The lowest BCUT2D eigenvalue weighted by molar-refractivity contribution is -0.121. The standard InChI is InChI=1S/C22H20FN3O4S/c1-29-18-8-7-13(9-19(18)30-2)14-10-20(27)26-22(15(14)11-24)31-12-21(28)25-17-6-4-3-5-16(17)23/h3-9,14H,10,12H2,1-2H3,(H,25,28)(H,26,27). The topological polar surface area (TPSA) is 100 Å². The number of rotatable bonds is 7. The van der Waals surface area contributed by atoms with Gasteiger partial charge in [0, 0.05) is 12.3 Å². The van der Waals surface area contributed by atoms with Gasteiger partial charge in [-0.05, 0) is 29.8 Å². The summed E-state index contributed by atoms with van der Waals surface area (Å²) in [4.78, 5) is 24.5. The molecule has 0 bridgehead atoms. The van der Waals surface area contributed by atoms with E-state index in [1.54, 1.807) is 24.3 Å². The Morgan fingerprint density at radius 3 is 2.68 bits per heavy atom. The summed E-state index contributed by atoms with van der Waals surface area (Å²) in [5, 5.41) is 15.2. The van der Waals surface area contributed by atoms with E-state index < -0.39 is 17.6 Å². The number of methoxy groups -OCH3 is 2. The van der Waals surface area contributed by atoms with Crippen molar-refractivity contribution < 1.29 is 23.5 Å². The van der Waals surface area contributed by atoms with E-state index in [1.807, 2.05) is 0 Å². The zero-order valence-electron chi connectivity index (χ0n) is 16.9. The molecule has 9 heteroatoms. The van der Waals surface area contributed by atoms with Gasteiger partial charge in [-0.25, -0.2) is 4.39 Å². The third-order valence-corrected chi connectivity index (χ3v) is 5.68. The van der Waals surface area contributed by atoms with Crippen LogP contribution in [-0.2, 0) is 9.59 Å². The number of thioether (sulfide) groups is 1. The van der Waals surface area contributed by atoms with E-state index >= 15 is 0 Å². The van der Waals surface area contributed by atoms with Crippen molar-refractivity contribution in [3.8, 4) is 17.6 Å². The molecule has 7 nitrogen and oxygen atoms in total. The molecule has 3 rings (SSSR count). The lowest BCUT2D eigenvalue weighted by Gasteiger charge is -2.25. The van der Waals surface area contributed by atoms with Gasteiger partial charge in [-0.2, -0.15) is 5.26 Å². The number of benzene rings is 2. The van der Waals surface area contributed by atoms with Gasteiger partial charge in [0.25, 0.3) is 0 Å². The Kier molecular flexibility index (Phi) is 7.15. The van der Waals surface area contributed by atoms with Gasteiger partial charge in [0.2, 0.25) is 11.8 Å². The number of allylic oxidation sites excluding steroid dienone is 1. The van der Waals surface area contributed by atoms with Crippen LogP contribution in [0.4, 0.5) is 10.1 Å². The van der Waals surface area contributed by atoms with Crippen LogP contribution in [0.1, 0.15) is 17.9 Å². The Bertz CT molecular complexity index is 1080. The van der Waals surface area contributed by atoms with Gasteiger partial charge in [-0.1, -0.05) is 30.0 Å². The van der Waals surface area contributed by atoms with Crippen LogP contribution in [0.3, 0.4) is 0 Å². The molecule has 1 aliphatic heterocycles. The second-order valence-corrected chi connectivity index (χ2v) is 7.58. The summed E-state index contributed by atoms with van der Waals surface area (Å²) in [6, 6.07) is 13.2. The van der Waals surface area contributed by atoms with Crippen molar-refractivity contribution in [2.75, 3.05) is 25.3 Å². The second kappa shape index (κ2) is 10.00. The first-order chi connectivity index (χ1) is 15.0. The number of nitrogens with one attached hydrogen (secondary N) is 2. The number of carbonyl (C=O) groups excluding carboxylic acids is 2. The zero-order valence-corrected chi connectivity index (χ0v) is 17.7. The quantitative estimate of drug-likeness (QED) is 0.682. The summed E-state index contributed by atoms with van der Waals surface area (Å²) in [6.45, 7) is 0. The minimum atomic E-state index is -0.544. The number of ether oxygens (including phenoxy) is 2. The summed E-state index contributed by atoms with van der Waals surface area (Å²) in [5.41, 5.74) is 1.13. The number of nitrogens with zero attached hydrogens (tertiary/aromatic N) is 1. The summed E-state index contributed by atoms with van der Waals surface area (Å²) in [5.74, 6) is -0.838. The predicted octanol–water partition coefficient (Wildman–Crippen LogP) is 3.55. The molecule has 0 aliphatic carbocycles. The number of hydrogen-bond acceptors (Lipinski definition) is 6. The van der Waals surface area contributed by atoms with Crippen LogP contribution in [0.15, 0.2) is 53.1 Å². The molecule has 1 unspecified atom stereocenters. The zero-order chi connectivity index (χ0) is 22.4. The first-order valence-electron chi connectivity index (χ1n) is 9.30. The lowest BCUT2D eigenvalue weighted by atomic mass is 9.87. The summed E-state index contributed by atoms with van der Waals surface area (Å²) in [7, 11) is 3.03. The molecule has 1 aliphatic rings. The fourth-order valence-corrected chi connectivity index (χ4v) is 4.05. The van der Waals surface area contributed by atoms with Crippen LogP contribution in [0.2, 0.25) is 0 Å². The highest BCUT2D eigenvalue weighted by Crippen LogP contribution is 2.39. The molecule has 1 heterocycles. The maximum atomic E-state index is 13.7.